The Morgan fingerprint density at radius 2 is 2.33 bits per heavy atom. The van der Waals surface area contributed by atoms with Gasteiger partial charge in [0.1, 0.15) is 5.82 Å². The smallest absolute Gasteiger partial charge is 0.304 e. The van der Waals surface area contributed by atoms with Gasteiger partial charge in [-0.2, -0.15) is 0 Å². The van der Waals surface area contributed by atoms with E-state index in [9.17, 15) is 9.18 Å². The van der Waals surface area contributed by atoms with Gasteiger partial charge in [-0.05, 0) is 18.2 Å². The average Bonchev–Trinajstić information content (AvgIpc) is 2.10. The largest absolute Gasteiger partial charge is 0.481 e. The van der Waals surface area contributed by atoms with Crippen molar-refractivity contribution in [1.82, 2.24) is 0 Å². The quantitative estimate of drug-likeness (QED) is 0.614. The first kappa shape index (κ1) is 11.8. The van der Waals surface area contributed by atoms with Crippen molar-refractivity contribution >= 4 is 23.4 Å². The number of hydrogen-bond donors (Lipinski definition) is 2. The van der Waals surface area contributed by atoms with Crippen LogP contribution in [0.15, 0.2) is 23.1 Å². The van der Waals surface area contributed by atoms with Gasteiger partial charge in [0.2, 0.25) is 0 Å². The Balaban J connectivity index is 2.64. The predicted octanol–water partition coefficient (Wildman–Crippen LogP) is 2.36. The van der Waals surface area contributed by atoms with Gasteiger partial charge in [0.25, 0.3) is 0 Å². The van der Waals surface area contributed by atoms with Gasteiger partial charge in [-0.1, -0.05) is 6.92 Å². The van der Waals surface area contributed by atoms with Gasteiger partial charge in [-0.25, -0.2) is 4.39 Å². The molecule has 15 heavy (non-hydrogen) atoms. The second-order valence-electron chi connectivity index (χ2n) is 3.21. The minimum atomic E-state index is -0.856. The highest BCUT2D eigenvalue weighted by molar-refractivity contribution is 8.00. The van der Waals surface area contributed by atoms with Crippen LogP contribution in [-0.2, 0) is 4.79 Å². The number of carboxylic acid groups (broad SMARTS) is 1. The van der Waals surface area contributed by atoms with Crippen LogP contribution in [0.3, 0.4) is 0 Å². The number of hydrogen-bond acceptors (Lipinski definition) is 3. The van der Waals surface area contributed by atoms with E-state index in [1.165, 1.54) is 23.9 Å². The Hall–Kier alpha value is -1.23. The molecule has 1 aromatic rings. The molecule has 0 radical (unpaired) electrons. The SMILES string of the molecule is CC(CC(=O)O)Sc1ccc(N)c(F)c1. The third-order valence-corrected chi connectivity index (χ3v) is 2.87. The summed E-state index contributed by atoms with van der Waals surface area (Å²) in [5.74, 6) is -1.33. The Bertz CT molecular complexity index is 370. The zero-order valence-corrected chi connectivity index (χ0v) is 9.05. The highest BCUT2D eigenvalue weighted by atomic mass is 32.2. The van der Waals surface area contributed by atoms with Crippen molar-refractivity contribution in [3.63, 3.8) is 0 Å². The Morgan fingerprint density at radius 1 is 1.67 bits per heavy atom. The summed E-state index contributed by atoms with van der Waals surface area (Å²) in [6.45, 7) is 1.78. The molecule has 0 bridgehead atoms. The lowest BCUT2D eigenvalue weighted by Crippen LogP contribution is -2.05. The molecule has 0 fully saturated rings. The summed E-state index contributed by atoms with van der Waals surface area (Å²) >= 11 is 1.32. The van der Waals surface area contributed by atoms with Crippen LogP contribution in [0.5, 0.6) is 0 Å². The van der Waals surface area contributed by atoms with Gasteiger partial charge in [-0.15, -0.1) is 11.8 Å². The molecule has 0 aliphatic carbocycles. The molecular formula is C10H12FNO2S. The molecule has 3 N–H and O–H groups in total. The van der Waals surface area contributed by atoms with Gasteiger partial charge in [0, 0.05) is 10.1 Å². The number of nitrogens with two attached hydrogens (primary N) is 1. The standard InChI is InChI=1S/C10H12FNO2S/c1-6(4-10(13)14)15-7-2-3-9(12)8(11)5-7/h2-3,5-6H,4,12H2,1H3,(H,13,14). The molecule has 1 rings (SSSR count). The maximum Gasteiger partial charge on any atom is 0.304 e. The summed E-state index contributed by atoms with van der Waals surface area (Å²) in [6.07, 6.45) is 0.0522. The molecule has 0 heterocycles. The topological polar surface area (TPSA) is 63.3 Å². The van der Waals surface area contributed by atoms with Crippen molar-refractivity contribution in [2.75, 3.05) is 5.73 Å². The summed E-state index contributed by atoms with van der Waals surface area (Å²) < 4.78 is 13.0. The van der Waals surface area contributed by atoms with Crippen molar-refractivity contribution in [2.45, 2.75) is 23.5 Å². The number of benzene rings is 1. The van der Waals surface area contributed by atoms with E-state index in [0.717, 1.165) is 0 Å². The maximum atomic E-state index is 13.0. The molecule has 0 aromatic heterocycles. The molecule has 0 aliphatic rings. The first-order valence-corrected chi connectivity index (χ1v) is 5.30. The molecule has 1 aromatic carbocycles. The third kappa shape index (κ3) is 3.79. The molecule has 0 spiro atoms. The number of thioether (sulfide) groups is 1. The van der Waals surface area contributed by atoms with E-state index >= 15 is 0 Å². The van der Waals surface area contributed by atoms with E-state index < -0.39 is 11.8 Å². The number of nitrogen functional groups attached to an aromatic ring is 1. The fourth-order valence-corrected chi connectivity index (χ4v) is 2.11. The van der Waals surface area contributed by atoms with Crippen LogP contribution in [0.4, 0.5) is 10.1 Å². The Labute approximate surface area is 91.5 Å². The molecule has 1 atom stereocenters. The van der Waals surface area contributed by atoms with Crippen LogP contribution in [0, 0.1) is 5.82 Å². The van der Waals surface area contributed by atoms with Crippen molar-refractivity contribution in [1.29, 1.82) is 0 Å². The van der Waals surface area contributed by atoms with Crippen molar-refractivity contribution < 1.29 is 14.3 Å². The Kier molecular flexibility index (Phi) is 3.96. The van der Waals surface area contributed by atoms with Crippen LogP contribution < -0.4 is 5.73 Å². The molecule has 0 amide bonds. The molecule has 0 aliphatic heterocycles. The third-order valence-electron chi connectivity index (χ3n) is 1.77. The van der Waals surface area contributed by atoms with Crippen LogP contribution in [0.1, 0.15) is 13.3 Å². The van der Waals surface area contributed by atoms with Crippen molar-refractivity contribution in [2.24, 2.45) is 0 Å². The molecule has 5 heteroatoms. The average molecular weight is 229 g/mol. The highest BCUT2D eigenvalue weighted by Crippen LogP contribution is 2.27. The first-order valence-electron chi connectivity index (χ1n) is 4.42. The predicted molar refractivity (Wildman–Crippen MR) is 58.4 cm³/mol. The van der Waals surface area contributed by atoms with E-state index in [1.807, 2.05) is 0 Å². The number of halogens is 1. The lowest BCUT2D eigenvalue weighted by Gasteiger charge is -2.08. The number of rotatable bonds is 4. The zero-order valence-electron chi connectivity index (χ0n) is 8.24. The second kappa shape index (κ2) is 5.02. The second-order valence-corrected chi connectivity index (χ2v) is 4.72. The van der Waals surface area contributed by atoms with E-state index in [2.05, 4.69) is 0 Å². The first-order chi connectivity index (χ1) is 6.99. The maximum absolute atomic E-state index is 13.0. The van der Waals surface area contributed by atoms with E-state index in [4.69, 9.17) is 10.8 Å². The molecule has 1 unspecified atom stereocenters. The highest BCUT2D eigenvalue weighted by Gasteiger charge is 2.10. The summed E-state index contributed by atoms with van der Waals surface area (Å²) in [6, 6.07) is 4.48. The van der Waals surface area contributed by atoms with E-state index in [0.29, 0.717) is 4.90 Å². The van der Waals surface area contributed by atoms with Crippen LogP contribution in [0.2, 0.25) is 0 Å². The number of carbonyl (C=O) groups is 1. The molecular weight excluding hydrogens is 217 g/mol. The van der Waals surface area contributed by atoms with Crippen molar-refractivity contribution in [3.8, 4) is 0 Å². The van der Waals surface area contributed by atoms with Gasteiger partial charge in [0.05, 0.1) is 12.1 Å². The summed E-state index contributed by atoms with van der Waals surface area (Å²) in [5.41, 5.74) is 5.42. The molecule has 3 nitrogen and oxygen atoms in total. The molecule has 0 saturated heterocycles. The summed E-state index contributed by atoms with van der Waals surface area (Å²) in [5, 5.41) is 8.46. The number of aliphatic carboxylic acids is 1. The molecule has 82 valence electrons. The number of carboxylic acids is 1. The minimum Gasteiger partial charge on any atom is -0.481 e. The van der Waals surface area contributed by atoms with Crippen LogP contribution >= 0.6 is 11.8 Å². The fraction of sp³-hybridized carbons (Fsp3) is 0.300. The van der Waals surface area contributed by atoms with Crippen molar-refractivity contribution in [3.05, 3.63) is 24.0 Å². The zero-order chi connectivity index (χ0) is 11.4. The fourth-order valence-electron chi connectivity index (χ4n) is 1.10. The van der Waals surface area contributed by atoms with Crippen LogP contribution in [0.25, 0.3) is 0 Å². The Morgan fingerprint density at radius 3 is 2.87 bits per heavy atom. The monoisotopic (exact) mass is 229 g/mol. The van der Waals surface area contributed by atoms with Gasteiger partial charge in [0.15, 0.2) is 0 Å². The molecule has 0 saturated carbocycles. The van der Waals surface area contributed by atoms with E-state index in [1.54, 1.807) is 13.0 Å². The summed E-state index contributed by atoms with van der Waals surface area (Å²) in [7, 11) is 0. The van der Waals surface area contributed by atoms with Gasteiger partial charge < -0.3 is 10.8 Å². The van der Waals surface area contributed by atoms with Crippen LogP contribution in [-0.4, -0.2) is 16.3 Å². The van der Waals surface area contributed by atoms with Gasteiger partial charge >= 0.3 is 5.97 Å². The lowest BCUT2D eigenvalue weighted by molar-refractivity contribution is -0.136. The number of anilines is 1. The summed E-state index contributed by atoms with van der Waals surface area (Å²) in [4.78, 5) is 11.1. The van der Waals surface area contributed by atoms with Gasteiger partial charge in [-0.3, -0.25) is 4.79 Å². The lowest BCUT2D eigenvalue weighted by atomic mass is 10.3. The van der Waals surface area contributed by atoms with E-state index in [-0.39, 0.29) is 17.4 Å². The minimum absolute atomic E-state index is 0.0522. The normalized spacial score (nSPS) is 12.4.